The molecule has 1 aromatic rings. The molecule has 6 heteroatoms. The Hall–Kier alpha value is -0.950. The quantitative estimate of drug-likeness (QED) is 0.886. The smallest absolute Gasteiger partial charge is 0.241 e. The van der Waals surface area contributed by atoms with Crippen molar-refractivity contribution in [3.63, 3.8) is 0 Å². The molecule has 1 saturated heterocycles. The average molecular weight is 312 g/mol. The maximum atomic E-state index is 12.6. The summed E-state index contributed by atoms with van der Waals surface area (Å²) in [6, 6.07) is 5.21. The van der Waals surface area contributed by atoms with E-state index < -0.39 is 10.0 Å². The lowest BCUT2D eigenvalue weighted by Gasteiger charge is -2.35. The largest absolute Gasteiger partial charge is 0.375 e. The van der Waals surface area contributed by atoms with Crippen LogP contribution in [0.2, 0.25) is 0 Å². The van der Waals surface area contributed by atoms with E-state index in [0.717, 1.165) is 11.1 Å². The summed E-state index contributed by atoms with van der Waals surface area (Å²) in [4.78, 5) is 0.315. The fraction of sp³-hybridized carbons (Fsp3) is 0.600. The molecule has 1 fully saturated rings. The highest BCUT2D eigenvalue weighted by Crippen LogP contribution is 2.26. The van der Waals surface area contributed by atoms with Crippen LogP contribution in [0.1, 0.15) is 37.8 Å². The molecule has 1 atom stereocenters. The van der Waals surface area contributed by atoms with Crippen LogP contribution in [-0.4, -0.2) is 26.7 Å². The topological polar surface area (TPSA) is 81.4 Å². The number of aryl methyl sites for hydroxylation is 1. The van der Waals surface area contributed by atoms with Gasteiger partial charge >= 0.3 is 0 Å². The van der Waals surface area contributed by atoms with Crippen LogP contribution in [0.3, 0.4) is 0 Å². The van der Waals surface area contributed by atoms with Crippen LogP contribution >= 0.6 is 0 Å². The highest BCUT2D eigenvalue weighted by molar-refractivity contribution is 7.89. The van der Waals surface area contributed by atoms with Crippen LogP contribution in [0.5, 0.6) is 0 Å². The zero-order chi connectivity index (χ0) is 15.7. The third-order valence-corrected chi connectivity index (χ3v) is 5.46. The predicted molar refractivity (Wildman–Crippen MR) is 82.4 cm³/mol. The highest BCUT2D eigenvalue weighted by Gasteiger charge is 2.32. The van der Waals surface area contributed by atoms with Gasteiger partial charge in [0.2, 0.25) is 10.0 Å². The first-order valence-corrected chi connectivity index (χ1v) is 8.68. The second kappa shape index (κ2) is 6.04. The zero-order valence-electron chi connectivity index (χ0n) is 12.8. The van der Waals surface area contributed by atoms with Crippen molar-refractivity contribution >= 4 is 10.0 Å². The molecule has 0 aromatic heterocycles. The molecule has 0 bridgehead atoms. The lowest BCUT2D eigenvalue weighted by molar-refractivity contribution is -0.0599. The molecule has 0 radical (unpaired) electrons. The fourth-order valence-corrected chi connectivity index (χ4v) is 4.24. The number of sulfonamides is 1. The van der Waals surface area contributed by atoms with E-state index in [1.807, 2.05) is 19.9 Å². The predicted octanol–water partition coefficient (Wildman–Crippen LogP) is 1.69. The average Bonchev–Trinajstić information content (AvgIpc) is 2.37. The van der Waals surface area contributed by atoms with E-state index in [1.165, 1.54) is 0 Å². The third-order valence-electron chi connectivity index (χ3n) is 3.80. The van der Waals surface area contributed by atoms with Crippen molar-refractivity contribution in [1.29, 1.82) is 0 Å². The van der Waals surface area contributed by atoms with Crippen molar-refractivity contribution in [2.45, 2.75) is 56.7 Å². The molecule has 3 N–H and O–H groups in total. The Labute approximate surface area is 126 Å². The molecule has 1 heterocycles. The highest BCUT2D eigenvalue weighted by atomic mass is 32.2. The van der Waals surface area contributed by atoms with Gasteiger partial charge < -0.3 is 10.5 Å². The standard InChI is InChI=1S/C15H24N2O3S/c1-11-4-5-12(10-16)8-14(11)21(18,19)17-13-6-7-20-15(2,3)9-13/h4-5,8,13,17H,6-7,9-10,16H2,1-3H3. The van der Waals surface area contributed by atoms with E-state index in [2.05, 4.69) is 4.72 Å². The van der Waals surface area contributed by atoms with E-state index in [1.54, 1.807) is 19.1 Å². The summed E-state index contributed by atoms with van der Waals surface area (Å²) in [5, 5.41) is 0. The normalized spacial score (nSPS) is 22.2. The van der Waals surface area contributed by atoms with Gasteiger partial charge in [-0.3, -0.25) is 0 Å². The summed E-state index contributed by atoms with van der Waals surface area (Å²) in [7, 11) is -3.53. The third kappa shape index (κ3) is 4.03. The molecule has 118 valence electrons. The molecule has 0 amide bonds. The molecular formula is C15H24N2O3S. The number of nitrogens with two attached hydrogens (primary N) is 1. The van der Waals surface area contributed by atoms with Crippen molar-refractivity contribution in [2.75, 3.05) is 6.61 Å². The molecule has 1 unspecified atom stereocenters. The SMILES string of the molecule is Cc1ccc(CN)cc1S(=O)(=O)NC1CCOC(C)(C)C1. The van der Waals surface area contributed by atoms with Crippen molar-refractivity contribution in [2.24, 2.45) is 5.73 Å². The molecule has 2 rings (SSSR count). The van der Waals surface area contributed by atoms with Crippen LogP contribution in [-0.2, 0) is 21.3 Å². The van der Waals surface area contributed by atoms with Gasteiger partial charge in [-0.05, 0) is 50.8 Å². The Kier molecular flexibility index (Phi) is 4.72. The molecule has 0 saturated carbocycles. The summed E-state index contributed by atoms with van der Waals surface area (Å²) < 4.78 is 33.7. The van der Waals surface area contributed by atoms with E-state index in [-0.39, 0.29) is 11.6 Å². The number of hydrogen-bond acceptors (Lipinski definition) is 4. The summed E-state index contributed by atoms with van der Waals surface area (Å²) >= 11 is 0. The molecular weight excluding hydrogens is 288 g/mol. The maximum Gasteiger partial charge on any atom is 0.241 e. The van der Waals surface area contributed by atoms with Gasteiger partial charge in [0, 0.05) is 19.2 Å². The first-order valence-electron chi connectivity index (χ1n) is 7.19. The van der Waals surface area contributed by atoms with Crippen LogP contribution in [0.25, 0.3) is 0 Å². The maximum absolute atomic E-state index is 12.6. The lowest BCUT2D eigenvalue weighted by Crippen LogP contribution is -2.45. The van der Waals surface area contributed by atoms with Crippen molar-refractivity contribution in [3.05, 3.63) is 29.3 Å². The van der Waals surface area contributed by atoms with E-state index in [4.69, 9.17) is 10.5 Å². The van der Waals surface area contributed by atoms with Crippen LogP contribution in [0.15, 0.2) is 23.1 Å². The molecule has 1 aliphatic rings. The number of rotatable bonds is 4. The summed E-state index contributed by atoms with van der Waals surface area (Å²) in [5.74, 6) is 0. The minimum atomic E-state index is -3.53. The monoisotopic (exact) mass is 312 g/mol. The van der Waals surface area contributed by atoms with Gasteiger partial charge in [0.05, 0.1) is 10.5 Å². The fourth-order valence-electron chi connectivity index (χ4n) is 2.68. The number of benzene rings is 1. The summed E-state index contributed by atoms with van der Waals surface area (Å²) in [5.41, 5.74) is 6.85. The number of nitrogens with one attached hydrogen (secondary N) is 1. The molecule has 21 heavy (non-hydrogen) atoms. The van der Waals surface area contributed by atoms with E-state index in [0.29, 0.717) is 30.9 Å². The zero-order valence-corrected chi connectivity index (χ0v) is 13.7. The lowest BCUT2D eigenvalue weighted by atomic mass is 9.95. The minimum Gasteiger partial charge on any atom is -0.375 e. The summed E-state index contributed by atoms with van der Waals surface area (Å²) in [6.07, 6.45) is 1.36. The molecule has 0 aliphatic carbocycles. The van der Waals surface area contributed by atoms with E-state index in [9.17, 15) is 8.42 Å². The van der Waals surface area contributed by atoms with Gasteiger partial charge in [-0.15, -0.1) is 0 Å². The minimum absolute atomic E-state index is 0.0975. The van der Waals surface area contributed by atoms with Crippen molar-refractivity contribution in [3.8, 4) is 0 Å². The van der Waals surface area contributed by atoms with Gasteiger partial charge in [0.1, 0.15) is 0 Å². The Bertz CT molecular complexity index is 611. The van der Waals surface area contributed by atoms with Crippen LogP contribution < -0.4 is 10.5 Å². The van der Waals surface area contributed by atoms with Gasteiger partial charge in [-0.1, -0.05) is 12.1 Å². The number of hydrogen-bond donors (Lipinski definition) is 2. The van der Waals surface area contributed by atoms with Crippen LogP contribution in [0.4, 0.5) is 0 Å². The van der Waals surface area contributed by atoms with Gasteiger partial charge in [-0.2, -0.15) is 0 Å². The van der Waals surface area contributed by atoms with Gasteiger partial charge in [-0.25, -0.2) is 13.1 Å². The second-order valence-electron chi connectivity index (χ2n) is 6.22. The number of ether oxygens (including phenoxy) is 1. The molecule has 5 nitrogen and oxygen atoms in total. The summed E-state index contributed by atoms with van der Waals surface area (Å²) in [6.45, 7) is 6.65. The van der Waals surface area contributed by atoms with Crippen LogP contribution in [0, 0.1) is 6.92 Å². The molecule has 1 aliphatic heterocycles. The second-order valence-corrected chi connectivity index (χ2v) is 7.91. The molecule has 1 aromatic carbocycles. The Balaban J connectivity index is 2.22. The van der Waals surface area contributed by atoms with E-state index >= 15 is 0 Å². The Morgan fingerprint density at radius 1 is 1.43 bits per heavy atom. The Morgan fingerprint density at radius 3 is 2.76 bits per heavy atom. The first-order chi connectivity index (χ1) is 9.73. The Morgan fingerprint density at radius 2 is 2.14 bits per heavy atom. The van der Waals surface area contributed by atoms with Gasteiger partial charge in [0.15, 0.2) is 0 Å². The van der Waals surface area contributed by atoms with Crippen molar-refractivity contribution in [1.82, 2.24) is 4.72 Å². The van der Waals surface area contributed by atoms with Crippen molar-refractivity contribution < 1.29 is 13.2 Å². The first kappa shape index (κ1) is 16.4. The van der Waals surface area contributed by atoms with Gasteiger partial charge in [0.25, 0.3) is 0 Å². The molecule has 0 spiro atoms.